The molecule has 0 aliphatic rings. The van der Waals surface area contributed by atoms with Crippen molar-refractivity contribution >= 4 is 10.1 Å². The van der Waals surface area contributed by atoms with Crippen molar-refractivity contribution in [3.63, 3.8) is 0 Å². The zero-order valence-electron chi connectivity index (χ0n) is 18.5. The summed E-state index contributed by atoms with van der Waals surface area (Å²) in [6, 6.07) is 14.7. The van der Waals surface area contributed by atoms with Crippen LogP contribution < -0.4 is 29.6 Å². The van der Waals surface area contributed by atoms with E-state index in [0.29, 0.717) is 12.0 Å². The summed E-state index contributed by atoms with van der Waals surface area (Å²) >= 11 is 0. The van der Waals surface area contributed by atoms with Crippen LogP contribution in [0.3, 0.4) is 0 Å². The van der Waals surface area contributed by atoms with Crippen LogP contribution in [0.2, 0.25) is 0 Å². The molecule has 2 aromatic carbocycles. The first kappa shape index (κ1) is 29.3. The summed E-state index contributed by atoms with van der Waals surface area (Å²) in [5.41, 5.74) is 2.48. The van der Waals surface area contributed by atoms with Crippen LogP contribution in [0.1, 0.15) is 76.7 Å². The third-order valence-corrected chi connectivity index (χ3v) is 6.19. The van der Waals surface area contributed by atoms with Crippen LogP contribution in [-0.2, 0) is 16.5 Å². The average Bonchev–Trinajstić information content (AvgIpc) is 2.69. The molecule has 0 saturated carbocycles. The molecule has 0 radical (unpaired) electrons. The summed E-state index contributed by atoms with van der Waals surface area (Å²) in [6.45, 7) is 2.24. The van der Waals surface area contributed by atoms with E-state index < -0.39 is 10.1 Å². The summed E-state index contributed by atoms with van der Waals surface area (Å²) in [4.78, 5) is -0.0650. The third kappa shape index (κ3) is 10.1. The summed E-state index contributed by atoms with van der Waals surface area (Å²) in [5.74, 6) is 0. The Morgan fingerprint density at radius 3 is 1.80 bits per heavy atom. The van der Waals surface area contributed by atoms with Crippen LogP contribution in [0.25, 0.3) is 11.1 Å². The molecular weight excluding hydrogens is 407 g/mol. The quantitative estimate of drug-likeness (QED) is 0.271. The third-order valence-electron chi connectivity index (χ3n) is 5.27. The predicted molar refractivity (Wildman–Crippen MR) is 119 cm³/mol. The van der Waals surface area contributed by atoms with Crippen molar-refractivity contribution in [2.24, 2.45) is 0 Å². The Morgan fingerprint density at radius 2 is 1.27 bits per heavy atom. The SMILES string of the molecule is CCCCCCCCCCCCc1c(-c2ccccc2)cccc1S(=O)(=O)[O-].O.[Na+]. The van der Waals surface area contributed by atoms with Crippen molar-refractivity contribution in [1.82, 2.24) is 0 Å². The van der Waals surface area contributed by atoms with Gasteiger partial charge in [-0.3, -0.25) is 0 Å². The topological polar surface area (TPSA) is 88.7 Å². The largest absolute Gasteiger partial charge is 1.00 e. The van der Waals surface area contributed by atoms with E-state index in [-0.39, 0.29) is 39.9 Å². The van der Waals surface area contributed by atoms with Gasteiger partial charge in [-0.1, -0.05) is 107 Å². The maximum absolute atomic E-state index is 11.8. The van der Waals surface area contributed by atoms with E-state index in [0.717, 1.165) is 24.0 Å². The first-order valence-electron chi connectivity index (χ1n) is 10.7. The number of benzene rings is 2. The maximum atomic E-state index is 11.8. The molecule has 2 aromatic rings. The molecular formula is C24H35NaO4S. The molecule has 4 nitrogen and oxygen atoms in total. The van der Waals surface area contributed by atoms with Gasteiger partial charge in [0, 0.05) is 0 Å². The van der Waals surface area contributed by atoms with Crippen molar-refractivity contribution < 1.29 is 48.0 Å². The molecule has 30 heavy (non-hydrogen) atoms. The fourth-order valence-corrected chi connectivity index (χ4v) is 4.49. The summed E-state index contributed by atoms with van der Waals surface area (Å²) in [7, 11) is -4.48. The molecule has 6 heteroatoms. The minimum absolute atomic E-state index is 0. The second kappa shape index (κ2) is 16.0. The number of hydrogen-bond donors (Lipinski definition) is 0. The molecule has 162 valence electrons. The molecule has 0 heterocycles. The second-order valence-electron chi connectivity index (χ2n) is 7.53. The minimum atomic E-state index is -4.48. The predicted octanol–water partition coefficient (Wildman–Crippen LogP) is 2.90. The van der Waals surface area contributed by atoms with Crippen molar-refractivity contribution in [3.8, 4) is 11.1 Å². The van der Waals surface area contributed by atoms with E-state index in [2.05, 4.69) is 6.92 Å². The molecule has 0 fully saturated rings. The zero-order chi connectivity index (χ0) is 20.2. The van der Waals surface area contributed by atoms with Crippen LogP contribution >= 0.6 is 0 Å². The van der Waals surface area contributed by atoms with Crippen LogP contribution in [0, 0.1) is 0 Å². The van der Waals surface area contributed by atoms with Gasteiger partial charge in [0.05, 0.1) is 4.90 Å². The Balaban J connectivity index is 0.00000420. The summed E-state index contributed by atoms with van der Waals surface area (Å²) in [6.07, 6.45) is 12.9. The average molecular weight is 443 g/mol. The standard InChI is InChI=1S/C24H34O3S.Na.H2O/c1-2-3-4-5-6-7-8-9-10-14-18-23-22(21-16-12-11-13-17-21)19-15-20-24(23)28(25,26)27;;/h11-13,15-17,19-20H,2-10,14,18H2,1H3,(H,25,26,27);;1H2/q;+1;/p-1. The van der Waals surface area contributed by atoms with Crippen LogP contribution in [0.4, 0.5) is 0 Å². The van der Waals surface area contributed by atoms with Crippen molar-refractivity contribution in [2.45, 2.75) is 82.4 Å². The monoisotopic (exact) mass is 442 g/mol. The van der Waals surface area contributed by atoms with Gasteiger partial charge < -0.3 is 10.0 Å². The fourth-order valence-electron chi connectivity index (χ4n) is 3.74. The molecule has 0 spiro atoms. The molecule has 0 saturated heterocycles. The Hall–Kier alpha value is -0.690. The molecule has 0 amide bonds. The summed E-state index contributed by atoms with van der Waals surface area (Å²) < 4.78 is 35.3. The first-order valence-corrected chi connectivity index (χ1v) is 12.1. The van der Waals surface area contributed by atoms with Gasteiger partial charge in [0.25, 0.3) is 0 Å². The summed E-state index contributed by atoms with van der Waals surface area (Å²) in [5, 5.41) is 0. The normalized spacial score (nSPS) is 10.9. The molecule has 0 aliphatic heterocycles. The molecule has 0 atom stereocenters. The maximum Gasteiger partial charge on any atom is 1.00 e. The molecule has 0 bridgehead atoms. The van der Waals surface area contributed by atoms with Gasteiger partial charge >= 0.3 is 29.6 Å². The van der Waals surface area contributed by atoms with Crippen molar-refractivity contribution in [2.75, 3.05) is 0 Å². The van der Waals surface area contributed by atoms with Gasteiger partial charge in [-0.2, -0.15) is 0 Å². The Bertz CT molecular complexity index is 807. The van der Waals surface area contributed by atoms with Crippen LogP contribution in [0.5, 0.6) is 0 Å². The van der Waals surface area contributed by atoms with E-state index in [1.165, 1.54) is 57.4 Å². The number of rotatable bonds is 13. The van der Waals surface area contributed by atoms with Gasteiger partial charge in [-0.05, 0) is 35.6 Å². The molecule has 2 rings (SSSR count). The molecule has 0 aromatic heterocycles. The van der Waals surface area contributed by atoms with Gasteiger partial charge in [0.2, 0.25) is 0 Å². The van der Waals surface area contributed by atoms with Gasteiger partial charge in [-0.15, -0.1) is 0 Å². The second-order valence-corrected chi connectivity index (χ2v) is 8.88. The fraction of sp³-hybridized carbons (Fsp3) is 0.500. The van der Waals surface area contributed by atoms with E-state index in [4.69, 9.17) is 0 Å². The molecule has 0 aliphatic carbocycles. The first-order chi connectivity index (χ1) is 13.5. The Kier molecular flexibility index (Phi) is 15.6. The van der Waals surface area contributed by atoms with E-state index in [9.17, 15) is 13.0 Å². The number of unbranched alkanes of at least 4 members (excludes halogenated alkanes) is 9. The van der Waals surface area contributed by atoms with Gasteiger partial charge in [0.15, 0.2) is 0 Å². The van der Waals surface area contributed by atoms with Crippen molar-refractivity contribution in [3.05, 3.63) is 54.1 Å². The van der Waals surface area contributed by atoms with Crippen LogP contribution in [0.15, 0.2) is 53.4 Å². The van der Waals surface area contributed by atoms with E-state index in [1.54, 1.807) is 6.07 Å². The van der Waals surface area contributed by atoms with Gasteiger partial charge in [-0.25, -0.2) is 8.42 Å². The minimum Gasteiger partial charge on any atom is -0.744 e. The smallest absolute Gasteiger partial charge is 0.744 e. The van der Waals surface area contributed by atoms with E-state index >= 15 is 0 Å². The van der Waals surface area contributed by atoms with Crippen LogP contribution in [-0.4, -0.2) is 18.4 Å². The van der Waals surface area contributed by atoms with Crippen molar-refractivity contribution in [1.29, 1.82) is 0 Å². The Labute approximate surface area is 204 Å². The molecule has 2 N–H and O–H groups in total. The zero-order valence-corrected chi connectivity index (χ0v) is 21.3. The number of hydrogen-bond acceptors (Lipinski definition) is 3. The van der Waals surface area contributed by atoms with Gasteiger partial charge in [0.1, 0.15) is 10.1 Å². The van der Waals surface area contributed by atoms with E-state index in [1.807, 2.05) is 36.4 Å². The Morgan fingerprint density at radius 1 is 0.733 bits per heavy atom. The molecule has 0 unspecified atom stereocenters.